The first kappa shape index (κ1) is 17.5. The summed E-state index contributed by atoms with van der Waals surface area (Å²) in [4.78, 5) is 12.0. The molecule has 1 aliphatic rings. The summed E-state index contributed by atoms with van der Waals surface area (Å²) in [5.41, 5.74) is 1.24. The quantitative estimate of drug-likeness (QED) is 0.866. The zero-order valence-corrected chi connectivity index (χ0v) is 14.1. The number of rotatable bonds is 4. The summed E-state index contributed by atoms with van der Waals surface area (Å²) in [6.45, 7) is 5.08. The molecule has 1 saturated heterocycles. The van der Waals surface area contributed by atoms with Gasteiger partial charge in [0, 0.05) is 17.6 Å². The van der Waals surface area contributed by atoms with Crippen molar-refractivity contribution in [2.45, 2.75) is 26.2 Å². The third-order valence-electron chi connectivity index (χ3n) is 3.65. The fraction of sp³-hybridized carbons (Fsp3) is 0.533. The number of benzene rings is 1. The Bertz CT molecular complexity index is 447. The van der Waals surface area contributed by atoms with Gasteiger partial charge in [-0.15, -0.1) is 12.4 Å². The molecule has 0 radical (unpaired) electrons. The van der Waals surface area contributed by atoms with Gasteiger partial charge in [0.1, 0.15) is 0 Å². The third-order valence-corrected chi connectivity index (χ3v) is 4.14. The number of piperidine rings is 1. The highest BCUT2D eigenvalue weighted by Gasteiger charge is 2.26. The van der Waals surface area contributed by atoms with Gasteiger partial charge in [-0.2, -0.15) is 0 Å². The molecule has 0 aliphatic carbocycles. The molecular formula is C15H22BrClN2O. The van der Waals surface area contributed by atoms with Crippen LogP contribution in [0.15, 0.2) is 28.7 Å². The van der Waals surface area contributed by atoms with Crippen LogP contribution in [0, 0.1) is 5.41 Å². The number of amides is 1. The van der Waals surface area contributed by atoms with Crippen molar-refractivity contribution in [3.63, 3.8) is 0 Å². The van der Waals surface area contributed by atoms with E-state index in [1.165, 1.54) is 12.8 Å². The van der Waals surface area contributed by atoms with Gasteiger partial charge in [-0.05, 0) is 42.5 Å². The minimum absolute atomic E-state index is 0. The molecule has 0 bridgehead atoms. The molecule has 1 aromatic carbocycles. The lowest BCUT2D eigenvalue weighted by Crippen LogP contribution is -2.45. The molecule has 1 heterocycles. The van der Waals surface area contributed by atoms with E-state index in [2.05, 4.69) is 33.5 Å². The number of hydrogen-bond acceptors (Lipinski definition) is 2. The second-order valence-corrected chi connectivity index (χ2v) is 6.59. The van der Waals surface area contributed by atoms with E-state index in [9.17, 15) is 4.79 Å². The van der Waals surface area contributed by atoms with Crippen LogP contribution in [0.4, 0.5) is 0 Å². The average Bonchev–Trinajstić information content (AvgIpc) is 2.38. The molecular weight excluding hydrogens is 340 g/mol. The van der Waals surface area contributed by atoms with E-state index >= 15 is 0 Å². The largest absolute Gasteiger partial charge is 0.355 e. The summed E-state index contributed by atoms with van der Waals surface area (Å²) in [5, 5.41) is 6.47. The Labute approximate surface area is 135 Å². The second kappa shape index (κ2) is 8.01. The van der Waals surface area contributed by atoms with Gasteiger partial charge in [0.25, 0.3) is 0 Å². The molecule has 1 atom stereocenters. The van der Waals surface area contributed by atoms with Gasteiger partial charge < -0.3 is 10.6 Å². The Morgan fingerprint density at radius 1 is 1.50 bits per heavy atom. The first-order valence-corrected chi connectivity index (χ1v) is 7.59. The molecule has 1 amide bonds. The van der Waals surface area contributed by atoms with E-state index in [1.807, 2.05) is 24.3 Å². The lowest BCUT2D eigenvalue weighted by Gasteiger charge is -2.34. The molecule has 20 heavy (non-hydrogen) atoms. The standard InChI is InChI=1S/C15H21BrN2O.ClH/c1-15(6-3-7-17-10-15)11-18-14(19)9-12-4-2-5-13(16)8-12;/h2,4-5,8,17H,3,6-7,9-11H2,1H3,(H,18,19);1H. The third kappa shape index (κ3) is 5.43. The van der Waals surface area contributed by atoms with Crippen LogP contribution in [0.5, 0.6) is 0 Å². The van der Waals surface area contributed by atoms with Crippen molar-refractivity contribution in [3.05, 3.63) is 34.3 Å². The second-order valence-electron chi connectivity index (χ2n) is 5.67. The molecule has 2 N–H and O–H groups in total. The summed E-state index contributed by atoms with van der Waals surface area (Å²) in [6.07, 6.45) is 2.82. The molecule has 2 rings (SSSR count). The maximum Gasteiger partial charge on any atom is 0.224 e. The van der Waals surface area contributed by atoms with Crippen LogP contribution in [0.1, 0.15) is 25.3 Å². The van der Waals surface area contributed by atoms with Crippen LogP contribution in [0.2, 0.25) is 0 Å². The summed E-state index contributed by atoms with van der Waals surface area (Å²) < 4.78 is 1.02. The highest BCUT2D eigenvalue weighted by atomic mass is 79.9. The van der Waals surface area contributed by atoms with Crippen LogP contribution in [-0.2, 0) is 11.2 Å². The Morgan fingerprint density at radius 3 is 2.95 bits per heavy atom. The number of carbonyl (C=O) groups is 1. The molecule has 3 nitrogen and oxygen atoms in total. The van der Waals surface area contributed by atoms with E-state index in [0.29, 0.717) is 6.42 Å². The predicted molar refractivity (Wildman–Crippen MR) is 88.3 cm³/mol. The van der Waals surface area contributed by atoms with Crippen molar-refractivity contribution in [1.82, 2.24) is 10.6 Å². The van der Waals surface area contributed by atoms with E-state index in [0.717, 1.165) is 29.7 Å². The number of halogens is 2. The van der Waals surface area contributed by atoms with Crippen molar-refractivity contribution >= 4 is 34.2 Å². The van der Waals surface area contributed by atoms with Gasteiger partial charge in [0.05, 0.1) is 6.42 Å². The maximum atomic E-state index is 12.0. The van der Waals surface area contributed by atoms with Gasteiger partial charge in [-0.3, -0.25) is 4.79 Å². The number of carbonyl (C=O) groups excluding carboxylic acids is 1. The molecule has 1 aliphatic heterocycles. The topological polar surface area (TPSA) is 41.1 Å². The molecule has 1 aromatic rings. The van der Waals surface area contributed by atoms with E-state index in [4.69, 9.17) is 0 Å². The molecule has 1 fully saturated rings. The lowest BCUT2D eigenvalue weighted by molar-refractivity contribution is -0.121. The fourth-order valence-electron chi connectivity index (χ4n) is 2.48. The van der Waals surface area contributed by atoms with Crippen molar-refractivity contribution in [3.8, 4) is 0 Å². The normalized spacial score (nSPS) is 21.9. The molecule has 0 saturated carbocycles. The summed E-state index contributed by atoms with van der Waals surface area (Å²) in [5.74, 6) is 0.102. The molecule has 0 aromatic heterocycles. The van der Waals surface area contributed by atoms with Crippen LogP contribution in [0.25, 0.3) is 0 Å². The highest BCUT2D eigenvalue weighted by molar-refractivity contribution is 9.10. The zero-order valence-electron chi connectivity index (χ0n) is 11.7. The minimum atomic E-state index is 0. The van der Waals surface area contributed by atoms with Crippen molar-refractivity contribution < 1.29 is 4.79 Å². The monoisotopic (exact) mass is 360 g/mol. The summed E-state index contributed by atoms with van der Waals surface area (Å²) >= 11 is 3.42. The average molecular weight is 362 g/mol. The smallest absolute Gasteiger partial charge is 0.224 e. The van der Waals surface area contributed by atoms with Crippen molar-refractivity contribution in [2.75, 3.05) is 19.6 Å². The minimum Gasteiger partial charge on any atom is -0.355 e. The summed E-state index contributed by atoms with van der Waals surface area (Å²) in [6, 6.07) is 7.90. The first-order valence-electron chi connectivity index (χ1n) is 6.79. The van der Waals surface area contributed by atoms with Gasteiger partial charge in [0.2, 0.25) is 5.91 Å². The Balaban J connectivity index is 0.00000200. The lowest BCUT2D eigenvalue weighted by atomic mass is 9.83. The first-order chi connectivity index (χ1) is 9.07. The Kier molecular flexibility index (Phi) is 7.00. The molecule has 0 spiro atoms. The molecule has 112 valence electrons. The van der Waals surface area contributed by atoms with Crippen LogP contribution in [-0.4, -0.2) is 25.5 Å². The van der Waals surface area contributed by atoms with Gasteiger partial charge in [0.15, 0.2) is 0 Å². The van der Waals surface area contributed by atoms with E-state index < -0.39 is 0 Å². The molecule has 5 heteroatoms. The van der Waals surface area contributed by atoms with Crippen LogP contribution < -0.4 is 10.6 Å². The van der Waals surface area contributed by atoms with Crippen LogP contribution in [0.3, 0.4) is 0 Å². The summed E-state index contributed by atoms with van der Waals surface area (Å²) in [7, 11) is 0. The van der Waals surface area contributed by atoms with E-state index in [1.54, 1.807) is 0 Å². The van der Waals surface area contributed by atoms with Gasteiger partial charge in [-0.1, -0.05) is 35.0 Å². The molecule has 1 unspecified atom stereocenters. The zero-order chi connectivity index (χ0) is 13.7. The van der Waals surface area contributed by atoms with Crippen molar-refractivity contribution in [2.24, 2.45) is 5.41 Å². The SMILES string of the molecule is CC1(CNC(=O)Cc2cccc(Br)c2)CCCNC1.Cl. The highest BCUT2D eigenvalue weighted by Crippen LogP contribution is 2.24. The fourth-order valence-corrected chi connectivity index (χ4v) is 2.92. The Hall–Kier alpha value is -0.580. The maximum absolute atomic E-state index is 12.0. The van der Waals surface area contributed by atoms with E-state index in [-0.39, 0.29) is 23.7 Å². The van der Waals surface area contributed by atoms with Crippen LogP contribution >= 0.6 is 28.3 Å². The van der Waals surface area contributed by atoms with Gasteiger partial charge in [-0.25, -0.2) is 0 Å². The number of nitrogens with one attached hydrogen (secondary N) is 2. The Morgan fingerprint density at radius 2 is 2.30 bits per heavy atom. The van der Waals surface area contributed by atoms with Gasteiger partial charge >= 0.3 is 0 Å². The predicted octanol–water partition coefficient (Wildman–Crippen LogP) is 2.92. The van der Waals surface area contributed by atoms with Crippen molar-refractivity contribution in [1.29, 1.82) is 0 Å². The number of hydrogen-bond donors (Lipinski definition) is 2.